The number of benzene rings is 5. The van der Waals surface area contributed by atoms with Crippen LogP contribution in [-0.4, -0.2) is 148 Å². The molecule has 20 nitrogen and oxygen atoms in total. The van der Waals surface area contributed by atoms with E-state index < -0.39 is 82.5 Å². The van der Waals surface area contributed by atoms with E-state index in [1.807, 2.05) is 163 Å². The Balaban J connectivity index is 0.000000635. The molecule has 2 aliphatic rings. The number of likely N-dealkylation sites (tertiary alicyclic amines) is 2. The average Bonchev–Trinajstić information content (AvgIpc) is 3.67. The first kappa shape index (κ1) is 68.5. The summed E-state index contributed by atoms with van der Waals surface area (Å²) >= 11 is 0. The fraction of sp³-hybridized carbons (Fsp3) is 0.424. The van der Waals surface area contributed by atoms with Gasteiger partial charge in [-0.2, -0.15) is 0 Å². The maximum atomic E-state index is 14.3. The molecule has 2 saturated heterocycles. The third-order valence-electron chi connectivity index (χ3n) is 14.3. The lowest BCUT2D eigenvalue weighted by molar-refractivity contribution is -0.143. The molecule has 5 aromatic carbocycles. The fourth-order valence-electron chi connectivity index (χ4n) is 9.84. The smallest absolute Gasteiger partial charge is 0.251 e. The second-order valence-corrected chi connectivity index (χ2v) is 23.4. The SMILES string of the molecule is CNCC(=O)NC(C(=O)N1CC(NC(=O)c2ccc(C(=O)NC3CC(C(=O)NCc4ccccc4)N(C(=O)C(NC(=O)CNC)C(C)(C)C)C3)cc2)CC1C(=O)NCc1ccccc1)C(C)(C)C.COCc1ccccc1.COCc1ccccc1. The number of nitrogens with one attached hydrogen (secondary N) is 8. The molecule has 0 radical (unpaired) electrons. The van der Waals surface area contributed by atoms with Crippen LogP contribution in [0, 0.1) is 10.8 Å². The molecule has 0 spiro atoms. The highest BCUT2D eigenvalue weighted by atomic mass is 16.5. The van der Waals surface area contributed by atoms with Gasteiger partial charge in [0.1, 0.15) is 24.2 Å². The highest BCUT2D eigenvalue weighted by Gasteiger charge is 2.47. The summed E-state index contributed by atoms with van der Waals surface area (Å²) in [6.07, 6.45) is 0.232. The molecule has 0 aromatic heterocycles. The zero-order valence-corrected chi connectivity index (χ0v) is 51.4. The summed E-state index contributed by atoms with van der Waals surface area (Å²) in [6.45, 7) is 12.8. The average molecular weight is 1180 g/mol. The van der Waals surface area contributed by atoms with Gasteiger partial charge in [0, 0.05) is 63.6 Å². The Kier molecular flexibility index (Phi) is 27.1. The molecule has 8 amide bonds. The predicted octanol–water partition coefficient (Wildman–Crippen LogP) is 4.88. The van der Waals surface area contributed by atoms with Crippen LogP contribution in [0.3, 0.4) is 0 Å². The van der Waals surface area contributed by atoms with Gasteiger partial charge >= 0.3 is 0 Å². The molecule has 0 aliphatic carbocycles. The molecule has 20 heteroatoms. The minimum atomic E-state index is -0.965. The summed E-state index contributed by atoms with van der Waals surface area (Å²) in [7, 11) is 6.65. The van der Waals surface area contributed by atoms with Crippen molar-refractivity contribution in [3.63, 3.8) is 0 Å². The molecule has 2 fully saturated rings. The summed E-state index contributed by atoms with van der Waals surface area (Å²) in [5, 5.41) is 23.0. The highest BCUT2D eigenvalue weighted by molar-refractivity contribution is 5.99. The van der Waals surface area contributed by atoms with Crippen LogP contribution in [-0.2, 0) is 64.5 Å². The number of rotatable bonds is 22. The van der Waals surface area contributed by atoms with Crippen LogP contribution in [0.15, 0.2) is 146 Å². The first-order valence-electron chi connectivity index (χ1n) is 29.0. The molecule has 0 bridgehead atoms. The van der Waals surface area contributed by atoms with E-state index in [0.717, 1.165) is 11.1 Å². The molecular weight excluding hydrogens is 1090 g/mol. The van der Waals surface area contributed by atoms with Gasteiger partial charge in [-0.25, -0.2) is 0 Å². The molecular formula is C66H88N10O10. The number of nitrogens with zero attached hydrogens (tertiary/aromatic N) is 2. The summed E-state index contributed by atoms with van der Waals surface area (Å²) in [6, 6.07) is 39.8. The first-order chi connectivity index (χ1) is 41.1. The number of amides is 8. The number of hydrogen-bond donors (Lipinski definition) is 8. The van der Waals surface area contributed by atoms with Gasteiger partial charge in [-0.1, -0.05) is 163 Å². The topological polar surface area (TPSA) is 258 Å². The lowest BCUT2D eigenvalue weighted by Gasteiger charge is -2.35. The zero-order valence-electron chi connectivity index (χ0n) is 51.4. The van der Waals surface area contributed by atoms with E-state index in [9.17, 15) is 38.4 Å². The number of ether oxygens (including phenoxy) is 2. The van der Waals surface area contributed by atoms with Crippen molar-refractivity contribution in [3.05, 3.63) is 179 Å². The van der Waals surface area contributed by atoms with Gasteiger partial charge in [-0.3, -0.25) is 38.4 Å². The summed E-state index contributed by atoms with van der Waals surface area (Å²) in [5.74, 6) is -3.44. The number of methoxy groups -OCH3 is 2. The van der Waals surface area contributed by atoms with Crippen LogP contribution in [0.1, 0.15) is 97.4 Å². The molecule has 6 unspecified atom stereocenters. The van der Waals surface area contributed by atoms with E-state index in [-0.39, 0.29) is 75.1 Å². The lowest BCUT2D eigenvalue weighted by atomic mass is 9.85. The van der Waals surface area contributed by atoms with E-state index in [0.29, 0.717) is 13.2 Å². The minimum absolute atomic E-state index is 0.00734. The maximum Gasteiger partial charge on any atom is 0.251 e. The molecule has 2 aliphatic heterocycles. The molecule has 5 aromatic rings. The third-order valence-corrected chi connectivity index (χ3v) is 14.3. The van der Waals surface area contributed by atoms with Crippen LogP contribution < -0.4 is 42.5 Å². The second kappa shape index (κ2) is 34.0. The van der Waals surface area contributed by atoms with Crippen molar-refractivity contribution in [2.45, 2.75) is 117 Å². The Morgan fingerprint density at radius 2 is 0.767 bits per heavy atom. The Morgan fingerprint density at radius 3 is 1.05 bits per heavy atom. The molecule has 6 atom stereocenters. The van der Waals surface area contributed by atoms with E-state index in [2.05, 4.69) is 42.5 Å². The summed E-state index contributed by atoms with van der Waals surface area (Å²) < 4.78 is 9.86. The Hall–Kier alpha value is -8.30. The van der Waals surface area contributed by atoms with Crippen molar-refractivity contribution in [2.75, 3.05) is 54.5 Å². The van der Waals surface area contributed by atoms with Crippen molar-refractivity contribution >= 4 is 47.3 Å². The minimum Gasteiger partial charge on any atom is -0.380 e. The van der Waals surface area contributed by atoms with Crippen LogP contribution >= 0.6 is 0 Å². The predicted molar refractivity (Wildman–Crippen MR) is 331 cm³/mol. The van der Waals surface area contributed by atoms with Crippen LogP contribution in [0.5, 0.6) is 0 Å². The quantitative estimate of drug-likeness (QED) is 0.0462. The molecule has 7 rings (SSSR count). The standard InChI is InChI=1S/C50H68N10O8.2C8H10O/c1-49(2,3)41(57-39(61)27-51-7)47(67)59-29-35(23-37(59)45(65)53-25-31-15-11-9-12-16-31)55-43(63)33-19-21-34(22-20-33)44(64)56-36-24-38(46(66)54-26-32-17-13-10-14-18-32)60(30-36)48(68)42(50(4,5)6)58-40(62)28-52-8;2*1-9-7-8-5-3-2-4-6-8/h9-22,35-38,41-42,51-52H,23-30H2,1-8H3,(H,53,65)(H,54,66)(H,55,63)(H,56,64)(H,57,61)(H,58,62);2*2-6H,7H2,1H3. The molecule has 0 saturated carbocycles. The second-order valence-electron chi connectivity index (χ2n) is 23.4. The summed E-state index contributed by atoms with van der Waals surface area (Å²) in [5.41, 5.74) is 3.21. The zero-order chi connectivity index (χ0) is 62.8. The normalized spacial score (nSPS) is 17.0. The van der Waals surface area contributed by atoms with Crippen molar-refractivity contribution in [2.24, 2.45) is 10.8 Å². The van der Waals surface area contributed by atoms with Gasteiger partial charge in [0.15, 0.2) is 0 Å². The van der Waals surface area contributed by atoms with Crippen LogP contribution in [0.4, 0.5) is 0 Å². The fourth-order valence-corrected chi connectivity index (χ4v) is 9.84. The van der Waals surface area contributed by atoms with Crippen LogP contribution in [0.2, 0.25) is 0 Å². The third kappa shape index (κ3) is 21.6. The molecule has 462 valence electrons. The number of carbonyl (C=O) groups is 8. The van der Waals surface area contributed by atoms with Crippen molar-refractivity contribution < 1.29 is 47.8 Å². The Bertz CT molecular complexity index is 2760. The van der Waals surface area contributed by atoms with Gasteiger partial charge in [0.05, 0.1) is 26.3 Å². The summed E-state index contributed by atoms with van der Waals surface area (Å²) in [4.78, 5) is 112. The van der Waals surface area contributed by atoms with Crippen molar-refractivity contribution in [1.29, 1.82) is 0 Å². The van der Waals surface area contributed by atoms with Gasteiger partial charge in [-0.05, 0) is 84.3 Å². The first-order valence-corrected chi connectivity index (χ1v) is 29.0. The Labute approximate surface area is 506 Å². The van der Waals surface area contributed by atoms with Crippen molar-refractivity contribution in [1.82, 2.24) is 52.3 Å². The van der Waals surface area contributed by atoms with Gasteiger partial charge in [0.25, 0.3) is 11.8 Å². The number of likely N-dealkylation sites (N-methyl/N-ethyl adjacent to an activating group) is 2. The molecule has 2 heterocycles. The highest BCUT2D eigenvalue weighted by Crippen LogP contribution is 2.29. The van der Waals surface area contributed by atoms with Crippen molar-refractivity contribution in [3.8, 4) is 0 Å². The van der Waals surface area contributed by atoms with E-state index in [1.165, 1.54) is 45.2 Å². The van der Waals surface area contributed by atoms with Gasteiger partial charge in [0.2, 0.25) is 35.4 Å². The van der Waals surface area contributed by atoms with Crippen LogP contribution in [0.25, 0.3) is 0 Å². The monoisotopic (exact) mass is 1180 g/mol. The van der Waals surface area contributed by atoms with Gasteiger partial charge in [-0.15, -0.1) is 0 Å². The lowest BCUT2D eigenvalue weighted by Crippen LogP contribution is -2.58. The van der Waals surface area contributed by atoms with E-state index in [1.54, 1.807) is 28.3 Å². The van der Waals surface area contributed by atoms with E-state index in [4.69, 9.17) is 9.47 Å². The number of carbonyl (C=O) groups excluding carboxylic acids is 8. The van der Waals surface area contributed by atoms with E-state index >= 15 is 0 Å². The molecule has 86 heavy (non-hydrogen) atoms. The maximum absolute atomic E-state index is 14.3. The largest absolute Gasteiger partial charge is 0.380 e. The van der Waals surface area contributed by atoms with Gasteiger partial charge < -0.3 is 61.8 Å². The Morgan fingerprint density at radius 1 is 0.465 bits per heavy atom. The molecule has 8 N–H and O–H groups in total. The number of hydrogen-bond acceptors (Lipinski definition) is 12.